The van der Waals surface area contributed by atoms with Gasteiger partial charge in [-0.15, -0.1) is 0 Å². The van der Waals surface area contributed by atoms with Crippen molar-refractivity contribution in [2.45, 2.75) is 39.5 Å². The molecule has 0 amide bonds. The van der Waals surface area contributed by atoms with Crippen molar-refractivity contribution in [1.29, 1.82) is 0 Å². The van der Waals surface area contributed by atoms with Crippen LogP contribution in [-0.4, -0.2) is 69.8 Å². The molecule has 2 aromatic carbocycles. The zero-order chi connectivity index (χ0) is 22.4. The van der Waals surface area contributed by atoms with E-state index in [-0.39, 0.29) is 13.2 Å². The molecule has 0 aliphatic carbocycles. The Morgan fingerprint density at radius 1 is 0.968 bits per heavy atom. The fraction of sp³-hybridized carbons (Fsp3) is 0.440. The van der Waals surface area contributed by atoms with Crippen molar-refractivity contribution >= 4 is 10.9 Å². The molecule has 3 N–H and O–H groups in total. The quantitative estimate of drug-likeness (QED) is 0.439. The van der Waals surface area contributed by atoms with E-state index in [1.165, 1.54) is 5.56 Å². The number of rotatable bonds is 11. The number of para-hydroxylation sites is 1. The van der Waals surface area contributed by atoms with Crippen LogP contribution in [0.2, 0.25) is 0 Å². The van der Waals surface area contributed by atoms with Crippen molar-refractivity contribution in [2.24, 2.45) is 0 Å². The van der Waals surface area contributed by atoms with Gasteiger partial charge in [0.15, 0.2) is 0 Å². The Balaban J connectivity index is 1.55. The highest BCUT2D eigenvalue weighted by Gasteiger charge is 2.18. The van der Waals surface area contributed by atoms with Gasteiger partial charge in [0, 0.05) is 37.9 Å². The second-order valence-electron chi connectivity index (χ2n) is 8.36. The lowest BCUT2D eigenvalue weighted by atomic mass is 10.1. The number of ether oxygens (including phenoxy) is 1. The zero-order valence-electron chi connectivity index (χ0n) is 18.7. The van der Waals surface area contributed by atoms with Gasteiger partial charge in [0.2, 0.25) is 0 Å². The van der Waals surface area contributed by atoms with E-state index < -0.39 is 12.2 Å². The number of nitrogens with zero attached hydrogens (tertiary/aromatic N) is 2. The summed E-state index contributed by atoms with van der Waals surface area (Å²) in [5.74, 6) is 0.804. The summed E-state index contributed by atoms with van der Waals surface area (Å²) >= 11 is 0. The maximum Gasteiger partial charge on any atom is 0.125 e. The van der Waals surface area contributed by atoms with Crippen LogP contribution in [-0.2, 0) is 6.54 Å². The average molecular weight is 427 g/mol. The molecular weight excluding hydrogens is 392 g/mol. The molecule has 3 aromatic rings. The van der Waals surface area contributed by atoms with Gasteiger partial charge in [0.25, 0.3) is 0 Å². The summed E-state index contributed by atoms with van der Waals surface area (Å²) in [4.78, 5) is 1.87. The van der Waals surface area contributed by atoms with Gasteiger partial charge in [0.1, 0.15) is 18.5 Å². The minimum absolute atomic E-state index is 0.0388. The van der Waals surface area contributed by atoms with Crippen molar-refractivity contribution < 1.29 is 20.1 Å². The van der Waals surface area contributed by atoms with Crippen LogP contribution in [0.15, 0.2) is 48.7 Å². The lowest BCUT2D eigenvalue weighted by Gasteiger charge is -2.27. The normalized spacial score (nSPS) is 13.6. The maximum absolute atomic E-state index is 10.6. The number of hydrogen-bond acceptors (Lipinski definition) is 5. The van der Waals surface area contributed by atoms with E-state index in [9.17, 15) is 15.3 Å². The van der Waals surface area contributed by atoms with Gasteiger partial charge in [-0.05, 0) is 49.4 Å². The number of aryl methyl sites for hydroxylation is 3. The van der Waals surface area contributed by atoms with E-state index in [1.807, 2.05) is 66.8 Å². The van der Waals surface area contributed by atoms with Crippen molar-refractivity contribution in [3.63, 3.8) is 0 Å². The summed E-state index contributed by atoms with van der Waals surface area (Å²) < 4.78 is 7.92. The van der Waals surface area contributed by atoms with Gasteiger partial charge in [-0.1, -0.05) is 35.9 Å². The molecule has 0 bridgehead atoms. The number of benzene rings is 2. The highest BCUT2D eigenvalue weighted by Crippen LogP contribution is 2.24. The van der Waals surface area contributed by atoms with Gasteiger partial charge in [0.05, 0.1) is 12.7 Å². The molecule has 0 radical (unpaired) electrons. The molecule has 0 saturated carbocycles. The first kappa shape index (κ1) is 23.3. The van der Waals surface area contributed by atoms with Gasteiger partial charge in [-0.2, -0.15) is 0 Å². The predicted octanol–water partition coefficient (Wildman–Crippen LogP) is 2.66. The van der Waals surface area contributed by atoms with E-state index in [1.54, 1.807) is 0 Å². The van der Waals surface area contributed by atoms with Crippen molar-refractivity contribution in [2.75, 3.05) is 32.8 Å². The molecule has 0 unspecified atom stereocenters. The molecule has 0 spiro atoms. The molecule has 1 heterocycles. The van der Waals surface area contributed by atoms with Crippen LogP contribution in [0.5, 0.6) is 5.75 Å². The van der Waals surface area contributed by atoms with Gasteiger partial charge in [-0.25, -0.2) is 0 Å². The summed E-state index contributed by atoms with van der Waals surface area (Å²) in [5, 5.41) is 31.7. The minimum atomic E-state index is -0.730. The molecule has 3 rings (SSSR count). The van der Waals surface area contributed by atoms with Gasteiger partial charge in [-0.3, -0.25) is 4.90 Å². The summed E-state index contributed by atoms with van der Waals surface area (Å²) in [5.41, 5.74) is 4.35. The molecule has 6 heteroatoms. The maximum atomic E-state index is 10.6. The number of hydrogen-bond donors (Lipinski definition) is 3. The summed E-state index contributed by atoms with van der Waals surface area (Å²) in [6, 6.07) is 14.2. The summed E-state index contributed by atoms with van der Waals surface area (Å²) in [7, 11) is 0. The fourth-order valence-electron chi connectivity index (χ4n) is 4.21. The molecule has 1 aromatic heterocycles. The first-order valence-electron chi connectivity index (χ1n) is 10.8. The molecular formula is C25H34N2O4. The first-order valence-corrected chi connectivity index (χ1v) is 10.8. The summed E-state index contributed by atoms with van der Waals surface area (Å²) in [6.07, 6.45) is 0.613. The Bertz CT molecular complexity index is 962. The van der Waals surface area contributed by atoms with E-state index in [2.05, 4.69) is 12.1 Å². The van der Waals surface area contributed by atoms with E-state index in [4.69, 9.17) is 4.74 Å². The minimum Gasteiger partial charge on any atom is -0.490 e. The fourth-order valence-corrected chi connectivity index (χ4v) is 4.21. The van der Waals surface area contributed by atoms with Crippen LogP contribution in [0.4, 0.5) is 0 Å². The van der Waals surface area contributed by atoms with Crippen LogP contribution < -0.4 is 4.74 Å². The van der Waals surface area contributed by atoms with Crippen LogP contribution in [0.25, 0.3) is 10.9 Å². The van der Waals surface area contributed by atoms with Crippen molar-refractivity contribution in [3.05, 3.63) is 65.4 Å². The van der Waals surface area contributed by atoms with Gasteiger partial charge < -0.3 is 24.6 Å². The lowest BCUT2D eigenvalue weighted by Crippen LogP contribution is -2.42. The Hall–Kier alpha value is -2.38. The molecule has 0 saturated heterocycles. The van der Waals surface area contributed by atoms with E-state index >= 15 is 0 Å². The Morgan fingerprint density at radius 3 is 2.35 bits per heavy atom. The third kappa shape index (κ3) is 6.31. The van der Waals surface area contributed by atoms with E-state index in [0.717, 1.165) is 27.8 Å². The highest BCUT2D eigenvalue weighted by atomic mass is 16.5. The number of aliphatic hydroxyl groups is 3. The predicted molar refractivity (Wildman–Crippen MR) is 124 cm³/mol. The molecule has 31 heavy (non-hydrogen) atoms. The average Bonchev–Trinajstić information content (AvgIpc) is 3.10. The van der Waals surface area contributed by atoms with Gasteiger partial charge >= 0.3 is 0 Å². The lowest BCUT2D eigenvalue weighted by molar-refractivity contribution is 0.0349. The second kappa shape index (κ2) is 10.8. The first-order chi connectivity index (χ1) is 14.9. The second-order valence-corrected chi connectivity index (χ2v) is 8.36. The number of fused-ring (bicyclic) bond motifs is 1. The Morgan fingerprint density at radius 2 is 1.65 bits per heavy atom. The summed E-state index contributed by atoms with van der Waals surface area (Å²) in [6.45, 7) is 7.66. The molecule has 0 aliphatic rings. The zero-order valence-corrected chi connectivity index (χ0v) is 18.7. The molecule has 168 valence electrons. The third-order valence-electron chi connectivity index (χ3n) is 5.47. The van der Waals surface area contributed by atoms with Crippen molar-refractivity contribution in [1.82, 2.24) is 9.47 Å². The SMILES string of the molecule is Cc1cc(C)c(OC[C@H](O)CN(CCO)C[C@H](O)Cn2ccc3ccccc32)c(C)c1. The monoisotopic (exact) mass is 426 g/mol. The topological polar surface area (TPSA) is 78.1 Å². The molecule has 6 nitrogen and oxygen atoms in total. The highest BCUT2D eigenvalue weighted by molar-refractivity contribution is 5.79. The Labute approximate surface area is 184 Å². The molecule has 0 fully saturated rings. The molecule has 2 atom stereocenters. The molecule has 0 aliphatic heterocycles. The largest absolute Gasteiger partial charge is 0.490 e. The van der Waals surface area contributed by atoms with E-state index in [0.29, 0.717) is 26.2 Å². The standard InChI is InChI=1S/C25H34N2O4/c1-18-12-19(2)25(20(3)13-18)31-17-23(30)15-26(10-11-28)14-22(29)16-27-9-8-21-6-4-5-7-24(21)27/h4-9,12-13,22-23,28-30H,10-11,14-17H2,1-3H3/t22-,23+/m0/s1. The van der Waals surface area contributed by atoms with Crippen LogP contribution in [0, 0.1) is 20.8 Å². The van der Waals surface area contributed by atoms with Crippen molar-refractivity contribution in [3.8, 4) is 5.75 Å². The third-order valence-corrected chi connectivity index (χ3v) is 5.47. The smallest absolute Gasteiger partial charge is 0.125 e. The van der Waals surface area contributed by atoms with Crippen LogP contribution in [0.3, 0.4) is 0 Å². The Kier molecular flexibility index (Phi) is 8.09. The number of aromatic nitrogens is 1. The number of aliphatic hydroxyl groups excluding tert-OH is 3. The van der Waals surface area contributed by atoms with Crippen LogP contribution in [0.1, 0.15) is 16.7 Å². The van der Waals surface area contributed by atoms with Crippen LogP contribution >= 0.6 is 0 Å².